The molecule has 10 heteroatoms. The van der Waals surface area contributed by atoms with E-state index in [0.29, 0.717) is 30.7 Å². The first-order valence-electron chi connectivity index (χ1n) is 17.5. The van der Waals surface area contributed by atoms with Crippen molar-refractivity contribution < 1.29 is 19.1 Å². The number of aromatic nitrogens is 4. The van der Waals surface area contributed by atoms with Crippen LogP contribution in [0.25, 0.3) is 11.4 Å². The molecule has 2 aromatic heterocycles. The molecule has 0 saturated carbocycles. The molecule has 0 radical (unpaired) electrons. The third-order valence-corrected chi connectivity index (χ3v) is 9.34. The van der Waals surface area contributed by atoms with Gasteiger partial charge in [-0.15, -0.1) is 6.42 Å². The van der Waals surface area contributed by atoms with Crippen LogP contribution in [0.15, 0.2) is 126 Å². The zero-order valence-electron chi connectivity index (χ0n) is 28.8. The van der Waals surface area contributed by atoms with Crippen LogP contribution < -0.4 is 0 Å². The lowest BCUT2D eigenvalue weighted by molar-refractivity contribution is 0.0470. The molecule has 10 nitrogen and oxygen atoms in total. The molecule has 53 heavy (non-hydrogen) atoms. The summed E-state index contributed by atoms with van der Waals surface area (Å²) in [7, 11) is 0. The molecule has 2 aliphatic heterocycles. The first-order chi connectivity index (χ1) is 26.1. The first kappa shape index (κ1) is 33.3. The fourth-order valence-corrected chi connectivity index (χ4v) is 6.73. The maximum absolute atomic E-state index is 13.2. The molecule has 2 aliphatic rings. The highest BCUT2D eigenvalue weighted by molar-refractivity contribution is 6.16. The third-order valence-electron chi connectivity index (χ3n) is 9.34. The summed E-state index contributed by atoms with van der Waals surface area (Å²) >= 11 is 0. The number of ether oxygens (including phenoxy) is 2. The van der Waals surface area contributed by atoms with Crippen molar-refractivity contribution in [3.63, 3.8) is 0 Å². The Balaban J connectivity index is 0.865. The molecule has 0 unspecified atom stereocenters. The van der Waals surface area contributed by atoms with Gasteiger partial charge in [0, 0.05) is 27.8 Å². The predicted octanol–water partition coefficient (Wildman–Crippen LogP) is 6.93. The second kappa shape index (κ2) is 14.8. The van der Waals surface area contributed by atoms with E-state index in [2.05, 4.69) is 15.9 Å². The zero-order valence-corrected chi connectivity index (χ0v) is 28.8. The van der Waals surface area contributed by atoms with Crippen LogP contribution in [0, 0.1) is 12.3 Å². The minimum Gasteiger partial charge on any atom is -0.461 e. The number of imidazole rings is 2. The molecular formula is C43H34N6O4. The van der Waals surface area contributed by atoms with E-state index in [0.717, 1.165) is 50.6 Å². The van der Waals surface area contributed by atoms with E-state index in [4.69, 9.17) is 25.9 Å². The molecule has 6 aromatic rings. The summed E-state index contributed by atoms with van der Waals surface area (Å²) in [5.74, 6) is 1.71. The van der Waals surface area contributed by atoms with Crippen LogP contribution in [0.1, 0.15) is 79.4 Å². The van der Waals surface area contributed by atoms with Crippen molar-refractivity contribution in [3.05, 3.63) is 166 Å². The SMILES string of the molecule is C#Cc1ccc2c(c1)C(c1ccccc1)=NCc1c(C(=O)OCCCCCOC(=O)c3ncn4c3CN=C(c3ccccc3)c3ccccc3-4)ncn1-2. The highest BCUT2D eigenvalue weighted by Crippen LogP contribution is 2.29. The lowest BCUT2D eigenvalue weighted by atomic mass is 9.98. The van der Waals surface area contributed by atoms with Crippen LogP contribution in [-0.4, -0.2) is 55.7 Å². The molecule has 0 atom stereocenters. The van der Waals surface area contributed by atoms with E-state index in [-0.39, 0.29) is 37.7 Å². The molecule has 0 N–H and O–H groups in total. The summed E-state index contributed by atoms with van der Waals surface area (Å²) < 4.78 is 15.1. The van der Waals surface area contributed by atoms with Gasteiger partial charge in [-0.3, -0.25) is 19.1 Å². The van der Waals surface area contributed by atoms with Crippen molar-refractivity contribution in [1.29, 1.82) is 0 Å². The van der Waals surface area contributed by atoms with Crippen LogP contribution in [-0.2, 0) is 22.6 Å². The summed E-state index contributed by atoms with van der Waals surface area (Å²) in [5, 5.41) is 0. The number of hydrogen-bond acceptors (Lipinski definition) is 8. The van der Waals surface area contributed by atoms with Crippen LogP contribution in [0.5, 0.6) is 0 Å². The van der Waals surface area contributed by atoms with Gasteiger partial charge in [0.2, 0.25) is 0 Å². The quantitative estimate of drug-likeness (QED) is 0.0872. The van der Waals surface area contributed by atoms with E-state index in [1.807, 2.05) is 112 Å². The second-order valence-corrected chi connectivity index (χ2v) is 12.6. The van der Waals surface area contributed by atoms with Crippen molar-refractivity contribution in [3.8, 4) is 23.7 Å². The molecule has 260 valence electrons. The van der Waals surface area contributed by atoms with Crippen LogP contribution >= 0.6 is 0 Å². The average molecular weight is 699 g/mol. The Hall–Kier alpha value is -6.86. The monoisotopic (exact) mass is 698 g/mol. The normalized spacial score (nSPS) is 12.7. The number of benzene rings is 4. The molecule has 0 saturated heterocycles. The average Bonchev–Trinajstić information content (AvgIpc) is 3.74. The van der Waals surface area contributed by atoms with E-state index in [9.17, 15) is 9.59 Å². The Bertz CT molecular complexity index is 2440. The number of esters is 2. The Morgan fingerprint density at radius 3 is 1.70 bits per heavy atom. The minimum absolute atomic E-state index is 0.204. The lowest BCUT2D eigenvalue weighted by Gasteiger charge is -2.12. The summed E-state index contributed by atoms with van der Waals surface area (Å²) in [4.78, 5) is 45.1. The van der Waals surface area contributed by atoms with E-state index >= 15 is 0 Å². The number of fused-ring (bicyclic) bond motifs is 6. The fourth-order valence-electron chi connectivity index (χ4n) is 6.73. The molecule has 0 fully saturated rings. The standard InChI is InChI=1S/C43H34N6O4/c1-2-29-20-21-35-33(24-29)39(31-16-8-4-9-17-31)45-26-37-41(47-28-49(35)37)43(51)53-23-13-5-12-22-52-42(50)40-36-25-44-38(30-14-6-3-7-15-30)32-18-10-11-19-34(32)48(36)27-46-40/h1,3-4,6-11,14-21,24,27-28H,5,12-13,22-23,25-26H2. The number of nitrogens with zero attached hydrogens (tertiary/aromatic N) is 6. The van der Waals surface area contributed by atoms with Crippen molar-refractivity contribution in [1.82, 2.24) is 19.1 Å². The van der Waals surface area contributed by atoms with Gasteiger partial charge < -0.3 is 9.47 Å². The van der Waals surface area contributed by atoms with Gasteiger partial charge in [0.15, 0.2) is 11.4 Å². The third kappa shape index (κ3) is 6.56. The molecule has 0 bridgehead atoms. The van der Waals surface area contributed by atoms with E-state index < -0.39 is 11.9 Å². The summed E-state index contributed by atoms with van der Waals surface area (Å²) in [6.07, 6.45) is 10.9. The Morgan fingerprint density at radius 1 is 0.623 bits per heavy atom. The maximum Gasteiger partial charge on any atom is 0.358 e. The largest absolute Gasteiger partial charge is 0.461 e. The summed E-state index contributed by atoms with van der Waals surface area (Å²) in [6, 6.07) is 33.6. The number of terminal acetylenes is 1. The van der Waals surface area contributed by atoms with Gasteiger partial charge >= 0.3 is 11.9 Å². The molecule has 0 aliphatic carbocycles. The number of hydrogen-bond donors (Lipinski definition) is 0. The van der Waals surface area contributed by atoms with Gasteiger partial charge in [0.25, 0.3) is 0 Å². The van der Waals surface area contributed by atoms with Crippen molar-refractivity contribution in [2.45, 2.75) is 32.4 Å². The molecule has 0 amide bonds. The Morgan fingerprint density at radius 2 is 1.13 bits per heavy atom. The van der Waals surface area contributed by atoms with Crippen LogP contribution in [0.2, 0.25) is 0 Å². The smallest absolute Gasteiger partial charge is 0.358 e. The van der Waals surface area contributed by atoms with Gasteiger partial charge in [0.1, 0.15) is 12.7 Å². The Kier molecular flexibility index (Phi) is 9.28. The molecule has 0 spiro atoms. The molecular weight excluding hydrogens is 665 g/mol. The van der Waals surface area contributed by atoms with Gasteiger partial charge in [-0.05, 0) is 43.5 Å². The zero-order chi connectivity index (χ0) is 36.1. The predicted molar refractivity (Wildman–Crippen MR) is 201 cm³/mol. The van der Waals surface area contributed by atoms with Crippen molar-refractivity contribution >= 4 is 23.4 Å². The topological polar surface area (TPSA) is 113 Å². The fraction of sp³-hybridized carbons (Fsp3) is 0.163. The molecule has 4 heterocycles. The number of para-hydroxylation sites is 1. The van der Waals surface area contributed by atoms with Crippen molar-refractivity contribution in [2.24, 2.45) is 9.98 Å². The lowest BCUT2D eigenvalue weighted by Crippen LogP contribution is -2.12. The summed E-state index contributed by atoms with van der Waals surface area (Å²) in [6.45, 7) is 0.947. The molecule has 8 rings (SSSR count). The van der Waals surface area contributed by atoms with E-state index in [1.165, 1.54) is 0 Å². The molecule has 4 aromatic carbocycles. The first-order valence-corrected chi connectivity index (χ1v) is 17.5. The second-order valence-electron chi connectivity index (χ2n) is 12.6. The van der Waals surface area contributed by atoms with Crippen molar-refractivity contribution in [2.75, 3.05) is 13.2 Å². The maximum atomic E-state index is 13.2. The highest BCUT2D eigenvalue weighted by Gasteiger charge is 2.27. The van der Waals surface area contributed by atoms with Gasteiger partial charge in [-0.2, -0.15) is 0 Å². The van der Waals surface area contributed by atoms with Gasteiger partial charge in [0.05, 0.1) is 60.5 Å². The van der Waals surface area contributed by atoms with Gasteiger partial charge in [-0.1, -0.05) is 84.8 Å². The van der Waals surface area contributed by atoms with Gasteiger partial charge in [-0.25, -0.2) is 19.6 Å². The van der Waals surface area contributed by atoms with Crippen LogP contribution in [0.4, 0.5) is 0 Å². The number of aliphatic imine (C=N–C) groups is 2. The Labute approximate surface area is 306 Å². The summed E-state index contributed by atoms with van der Waals surface area (Å²) in [5.41, 5.74) is 9.73. The number of carbonyl (C=O) groups is 2. The highest BCUT2D eigenvalue weighted by atomic mass is 16.5. The number of carbonyl (C=O) groups excluding carboxylic acids is 2. The van der Waals surface area contributed by atoms with Crippen LogP contribution in [0.3, 0.4) is 0 Å². The number of rotatable bonds is 10. The minimum atomic E-state index is -0.509. The van der Waals surface area contributed by atoms with E-state index in [1.54, 1.807) is 12.7 Å². The number of unbranched alkanes of at least 4 members (excludes halogenated alkanes) is 2.